The highest BCUT2D eigenvalue weighted by Crippen LogP contribution is 2.37. The van der Waals surface area contributed by atoms with Crippen LogP contribution in [0.5, 0.6) is 17.2 Å². The molecule has 0 atom stereocenters. The maximum absolute atomic E-state index is 11.8. The third kappa shape index (κ3) is 5.04. The van der Waals surface area contributed by atoms with Gasteiger partial charge in [-0.3, -0.25) is 4.79 Å². The Bertz CT molecular complexity index is 532. The van der Waals surface area contributed by atoms with Crippen LogP contribution in [0.15, 0.2) is 12.1 Å². The van der Waals surface area contributed by atoms with Crippen molar-refractivity contribution in [1.29, 1.82) is 0 Å². The number of urea groups is 1. The summed E-state index contributed by atoms with van der Waals surface area (Å²) < 4.78 is 15.5. The molecule has 3 N–H and O–H groups in total. The van der Waals surface area contributed by atoms with E-state index in [0.29, 0.717) is 29.4 Å². The van der Waals surface area contributed by atoms with Crippen molar-refractivity contribution < 1.29 is 28.9 Å². The molecule has 0 saturated heterocycles. The predicted molar refractivity (Wildman–Crippen MR) is 80.0 cm³/mol. The Hall–Kier alpha value is -2.64. The second-order valence-electron chi connectivity index (χ2n) is 4.29. The van der Waals surface area contributed by atoms with E-state index in [1.807, 2.05) is 0 Å². The monoisotopic (exact) mass is 312 g/mol. The molecule has 0 aliphatic carbocycles. The smallest absolute Gasteiger partial charge is 0.319 e. The molecule has 122 valence electrons. The minimum Gasteiger partial charge on any atom is -0.494 e. The number of methoxy groups -OCH3 is 3. The summed E-state index contributed by atoms with van der Waals surface area (Å²) >= 11 is 0. The van der Waals surface area contributed by atoms with Gasteiger partial charge in [-0.15, -0.1) is 0 Å². The van der Waals surface area contributed by atoms with Crippen molar-refractivity contribution in [1.82, 2.24) is 5.32 Å². The van der Waals surface area contributed by atoms with E-state index in [4.69, 9.17) is 19.3 Å². The van der Waals surface area contributed by atoms with Gasteiger partial charge in [-0.05, 0) is 6.42 Å². The van der Waals surface area contributed by atoms with E-state index >= 15 is 0 Å². The Morgan fingerprint density at radius 3 is 2.18 bits per heavy atom. The van der Waals surface area contributed by atoms with Gasteiger partial charge in [0.05, 0.1) is 27.0 Å². The molecular weight excluding hydrogens is 292 g/mol. The first-order valence-corrected chi connectivity index (χ1v) is 6.58. The number of ether oxygens (including phenoxy) is 3. The SMILES string of the molecule is COc1cc(OC)c(OC)cc1NC(=O)NCCCC(=O)O. The number of hydrogen-bond acceptors (Lipinski definition) is 5. The average Bonchev–Trinajstić information content (AvgIpc) is 2.50. The third-order valence-corrected chi connectivity index (χ3v) is 2.81. The number of rotatable bonds is 8. The van der Waals surface area contributed by atoms with E-state index in [9.17, 15) is 9.59 Å². The Morgan fingerprint density at radius 2 is 1.64 bits per heavy atom. The van der Waals surface area contributed by atoms with Gasteiger partial charge in [0.25, 0.3) is 0 Å². The summed E-state index contributed by atoms with van der Waals surface area (Å²) in [5.41, 5.74) is 0.413. The summed E-state index contributed by atoms with van der Waals surface area (Å²) in [6.45, 7) is 0.258. The topological polar surface area (TPSA) is 106 Å². The fraction of sp³-hybridized carbons (Fsp3) is 0.429. The molecule has 8 nitrogen and oxygen atoms in total. The fourth-order valence-corrected chi connectivity index (χ4v) is 1.73. The van der Waals surface area contributed by atoms with Gasteiger partial charge in [0, 0.05) is 25.1 Å². The van der Waals surface area contributed by atoms with Gasteiger partial charge in [-0.2, -0.15) is 0 Å². The van der Waals surface area contributed by atoms with Crippen molar-refractivity contribution in [3.63, 3.8) is 0 Å². The number of nitrogens with one attached hydrogen (secondary N) is 2. The molecule has 1 aromatic carbocycles. The minimum absolute atomic E-state index is 0.0000399. The van der Waals surface area contributed by atoms with Gasteiger partial charge >= 0.3 is 12.0 Å². The molecule has 22 heavy (non-hydrogen) atoms. The number of anilines is 1. The van der Waals surface area contributed by atoms with Crippen LogP contribution < -0.4 is 24.8 Å². The molecular formula is C14H20N2O6. The van der Waals surface area contributed by atoms with E-state index in [1.165, 1.54) is 21.3 Å². The van der Waals surface area contributed by atoms with Crippen LogP contribution in [-0.4, -0.2) is 45.0 Å². The van der Waals surface area contributed by atoms with Gasteiger partial charge < -0.3 is 30.0 Å². The molecule has 0 aromatic heterocycles. The summed E-state index contributed by atoms with van der Waals surface area (Å²) in [4.78, 5) is 22.2. The zero-order chi connectivity index (χ0) is 16.5. The first-order valence-electron chi connectivity index (χ1n) is 6.58. The lowest BCUT2D eigenvalue weighted by Crippen LogP contribution is -2.30. The van der Waals surface area contributed by atoms with Gasteiger partial charge in [-0.25, -0.2) is 4.79 Å². The summed E-state index contributed by atoms with van der Waals surface area (Å²) in [7, 11) is 4.46. The number of carboxylic acids is 1. The minimum atomic E-state index is -0.899. The van der Waals surface area contributed by atoms with Gasteiger partial charge in [0.15, 0.2) is 11.5 Å². The highest BCUT2D eigenvalue weighted by atomic mass is 16.5. The van der Waals surface area contributed by atoms with Crippen LogP contribution >= 0.6 is 0 Å². The average molecular weight is 312 g/mol. The number of carboxylic acid groups (broad SMARTS) is 1. The second-order valence-corrected chi connectivity index (χ2v) is 4.29. The lowest BCUT2D eigenvalue weighted by Gasteiger charge is -2.15. The molecule has 0 saturated carbocycles. The number of carbonyl (C=O) groups excluding carboxylic acids is 1. The number of amides is 2. The predicted octanol–water partition coefficient (Wildman–Crippen LogP) is 1.70. The van der Waals surface area contributed by atoms with Crippen molar-refractivity contribution in [2.45, 2.75) is 12.8 Å². The summed E-state index contributed by atoms with van der Waals surface area (Å²) in [5, 5.41) is 13.7. The fourth-order valence-electron chi connectivity index (χ4n) is 1.73. The zero-order valence-electron chi connectivity index (χ0n) is 12.8. The van der Waals surface area contributed by atoms with E-state index in [-0.39, 0.29) is 13.0 Å². The standard InChI is InChI=1S/C14H20N2O6/c1-20-10-8-12(22-3)11(21-2)7-9(10)16-14(19)15-6-4-5-13(17)18/h7-8H,4-6H2,1-3H3,(H,17,18)(H2,15,16,19). The first-order chi connectivity index (χ1) is 10.5. The number of carbonyl (C=O) groups is 2. The Kier molecular flexibility index (Phi) is 6.81. The third-order valence-electron chi connectivity index (χ3n) is 2.81. The number of benzene rings is 1. The molecule has 8 heteroatoms. The van der Waals surface area contributed by atoms with Crippen molar-refractivity contribution in [3.8, 4) is 17.2 Å². The Balaban J connectivity index is 2.71. The molecule has 0 aliphatic heterocycles. The molecule has 1 aromatic rings. The molecule has 0 bridgehead atoms. The van der Waals surface area contributed by atoms with Crippen LogP contribution in [0.1, 0.15) is 12.8 Å². The molecule has 0 spiro atoms. The zero-order valence-corrected chi connectivity index (χ0v) is 12.8. The molecule has 1 rings (SSSR count). The molecule has 0 unspecified atom stereocenters. The van der Waals surface area contributed by atoms with E-state index < -0.39 is 12.0 Å². The summed E-state index contributed by atoms with van der Waals surface area (Å²) in [6, 6.07) is 2.71. The van der Waals surface area contributed by atoms with E-state index in [1.54, 1.807) is 12.1 Å². The second kappa shape index (κ2) is 8.60. The maximum atomic E-state index is 11.8. The Labute approximate surface area is 128 Å². The van der Waals surface area contributed by atoms with E-state index in [0.717, 1.165) is 0 Å². The van der Waals surface area contributed by atoms with Gasteiger partial charge in [0.2, 0.25) is 0 Å². The summed E-state index contributed by atoms with van der Waals surface area (Å²) in [6.07, 6.45) is 0.353. The first kappa shape index (κ1) is 17.4. The van der Waals surface area contributed by atoms with Crippen LogP contribution in [0.25, 0.3) is 0 Å². The number of hydrogen-bond donors (Lipinski definition) is 3. The van der Waals surface area contributed by atoms with Gasteiger partial charge in [0.1, 0.15) is 5.75 Å². The van der Waals surface area contributed by atoms with Crippen molar-refractivity contribution in [3.05, 3.63) is 12.1 Å². The molecule has 0 fully saturated rings. The maximum Gasteiger partial charge on any atom is 0.319 e. The van der Waals surface area contributed by atoms with Crippen molar-refractivity contribution >= 4 is 17.7 Å². The van der Waals surface area contributed by atoms with Crippen LogP contribution in [0.3, 0.4) is 0 Å². The van der Waals surface area contributed by atoms with Gasteiger partial charge in [-0.1, -0.05) is 0 Å². The van der Waals surface area contributed by atoms with Crippen LogP contribution in [0, 0.1) is 0 Å². The lowest BCUT2D eigenvalue weighted by atomic mass is 10.2. The lowest BCUT2D eigenvalue weighted by molar-refractivity contribution is -0.137. The highest BCUT2D eigenvalue weighted by Gasteiger charge is 2.13. The molecule has 2 amide bonds. The normalized spacial score (nSPS) is 9.77. The summed E-state index contributed by atoms with van der Waals surface area (Å²) in [5.74, 6) is 0.443. The molecule has 0 radical (unpaired) electrons. The largest absolute Gasteiger partial charge is 0.494 e. The van der Waals surface area contributed by atoms with Crippen LogP contribution in [0.2, 0.25) is 0 Å². The highest BCUT2D eigenvalue weighted by molar-refractivity contribution is 5.91. The van der Waals surface area contributed by atoms with Crippen molar-refractivity contribution in [2.24, 2.45) is 0 Å². The molecule has 0 aliphatic rings. The van der Waals surface area contributed by atoms with Crippen LogP contribution in [0.4, 0.5) is 10.5 Å². The molecule has 0 heterocycles. The Morgan fingerprint density at radius 1 is 1.05 bits per heavy atom. The van der Waals surface area contributed by atoms with Crippen LogP contribution in [-0.2, 0) is 4.79 Å². The quantitative estimate of drug-likeness (QED) is 0.631. The van der Waals surface area contributed by atoms with E-state index in [2.05, 4.69) is 10.6 Å². The number of aliphatic carboxylic acids is 1. The van der Waals surface area contributed by atoms with Crippen molar-refractivity contribution in [2.75, 3.05) is 33.2 Å².